The molecule has 4 unspecified atom stereocenters. The zero-order chi connectivity index (χ0) is 27.8. The number of hydrogen-bond acceptors (Lipinski definition) is 9. The summed E-state index contributed by atoms with van der Waals surface area (Å²) in [6.07, 6.45) is -0.308. The van der Waals surface area contributed by atoms with Crippen molar-refractivity contribution in [3.8, 4) is 0 Å². The van der Waals surface area contributed by atoms with Crippen molar-refractivity contribution >= 4 is 34.9 Å². The van der Waals surface area contributed by atoms with Crippen LogP contribution in [0.15, 0.2) is 40.7 Å². The van der Waals surface area contributed by atoms with Crippen LogP contribution in [0.3, 0.4) is 0 Å². The van der Waals surface area contributed by atoms with E-state index in [-0.39, 0.29) is 28.1 Å². The predicted octanol–water partition coefficient (Wildman–Crippen LogP) is 2.10. The summed E-state index contributed by atoms with van der Waals surface area (Å²) in [7, 11) is 3.05. The van der Waals surface area contributed by atoms with Gasteiger partial charge in [-0.3, -0.25) is 29.3 Å². The molecule has 0 bridgehead atoms. The van der Waals surface area contributed by atoms with Crippen LogP contribution in [0.5, 0.6) is 0 Å². The number of aliphatic hydroxyl groups excluding tert-OH is 1. The number of nitrogens with one attached hydrogen (secondary N) is 1. The minimum Gasteiger partial charge on any atom is -0.508 e. The number of hydrogen-bond donors (Lipinski definition) is 4. The van der Waals surface area contributed by atoms with E-state index in [1.807, 2.05) is 0 Å². The molecule has 0 aliphatic heterocycles. The van der Waals surface area contributed by atoms with Crippen LogP contribution in [0, 0.1) is 5.92 Å². The van der Waals surface area contributed by atoms with Gasteiger partial charge in [0, 0.05) is 27.6 Å². The van der Waals surface area contributed by atoms with Crippen LogP contribution < -0.4 is 5.32 Å². The van der Waals surface area contributed by atoms with Crippen molar-refractivity contribution in [1.82, 2.24) is 10.2 Å². The molecule has 3 aliphatic carbocycles. The number of likely N-dealkylation sites (N-methyl/N-ethyl adjacent to an activating group) is 1. The van der Waals surface area contributed by atoms with E-state index in [2.05, 4.69) is 5.32 Å². The lowest BCUT2D eigenvalue weighted by molar-refractivity contribution is -0.313. The van der Waals surface area contributed by atoms with Crippen LogP contribution in [-0.4, -0.2) is 74.9 Å². The normalized spacial score (nSPS) is 29.8. The van der Waals surface area contributed by atoms with Gasteiger partial charge in [-0.05, 0) is 59.9 Å². The molecule has 0 saturated heterocycles. The predicted molar refractivity (Wildman–Crippen MR) is 132 cm³/mol. The summed E-state index contributed by atoms with van der Waals surface area (Å²) in [4.78, 5) is 60.6. The third kappa shape index (κ3) is 3.70. The van der Waals surface area contributed by atoms with E-state index >= 15 is 0 Å². The van der Waals surface area contributed by atoms with Gasteiger partial charge in [0.1, 0.15) is 16.9 Å². The van der Waals surface area contributed by atoms with Crippen molar-refractivity contribution < 1.29 is 39.5 Å². The number of carbonyl (C=O) groups excluding carboxylic acids is 4. The van der Waals surface area contributed by atoms with Crippen LogP contribution >= 0.6 is 11.6 Å². The summed E-state index contributed by atoms with van der Waals surface area (Å²) in [6, 6.07) is 3.14. The molecule has 1 aromatic carbocycles. The van der Waals surface area contributed by atoms with Crippen LogP contribution in [-0.2, 0) is 24.9 Å². The lowest BCUT2D eigenvalue weighted by atomic mass is 9.57. The number of carbonyl (C=O) groups is 4. The summed E-state index contributed by atoms with van der Waals surface area (Å²) in [5.74, 6) is -6.19. The number of benzene rings is 1. The molecule has 198 valence electrons. The van der Waals surface area contributed by atoms with Gasteiger partial charge >= 0.3 is 0 Å². The zero-order valence-electron chi connectivity index (χ0n) is 21.3. The average molecular weight is 533 g/mol. The Kier molecular flexibility index (Phi) is 6.29. The van der Waals surface area contributed by atoms with Gasteiger partial charge in [-0.2, -0.15) is 0 Å². The smallest absolute Gasteiger partial charge is 0.258 e. The van der Waals surface area contributed by atoms with Gasteiger partial charge in [-0.15, -0.1) is 0 Å². The van der Waals surface area contributed by atoms with Crippen LogP contribution in [0.1, 0.15) is 50.0 Å². The minimum absolute atomic E-state index is 0.00955. The van der Waals surface area contributed by atoms with Crippen LogP contribution in [0.4, 0.5) is 0 Å². The molecule has 0 spiro atoms. The first-order valence-electron chi connectivity index (χ1n) is 11.7. The first-order valence-corrected chi connectivity index (χ1v) is 12.0. The minimum atomic E-state index is -2.77. The topological polar surface area (TPSA) is 153 Å². The Hall–Kier alpha value is -2.89. The maximum atomic E-state index is 14.0. The first-order chi connectivity index (χ1) is 17.0. The molecule has 1 aromatic rings. The SMILES string of the molecule is CN(C)C1C(=O)C(C(=O)NC(C)(C)C)=C(O)C2(O)C(=O)C3=C(CC12)C(C)(OO)c1c(Cl)cccc1C3=O. The fourth-order valence-electron chi connectivity index (χ4n) is 5.70. The summed E-state index contributed by atoms with van der Waals surface area (Å²) in [5, 5.41) is 35.8. The Morgan fingerprint density at radius 3 is 2.38 bits per heavy atom. The molecular formula is C26H29ClN2O8. The average Bonchev–Trinajstić information content (AvgIpc) is 2.78. The Labute approximate surface area is 218 Å². The maximum Gasteiger partial charge on any atom is 0.258 e. The molecule has 0 fully saturated rings. The van der Waals surface area contributed by atoms with E-state index < -0.39 is 68.9 Å². The van der Waals surface area contributed by atoms with Crippen molar-refractivity contribution in [2.24, 2.45) is 5.92 Å². The van der Waals surface area contributed by atoms with E-state index in [1.54, 1.807) is 20.8 Å². The van der Waals surface area contributed by atoms with Crippen molar-refractivity contribution in [2.75, 3.05) is 14.1 Å². The summed E-state index contributed by atoms with van der Waals surface area (Å²) >= 11 is 6.38. The lowest BCUT2D eigenvalue weighted by Crippen LogP contribution is -2.66. The van der Waals surface area contributed by atoms with Gasteiger partial charge in [0.15, 0.2) is 17.2 Å². The van der Waals surface area contributed by atoms with Gasteiger partial charge in [-0.1, -0.05) is 23.7 Å². The molecular weight excluding hydrogens is 504 g/mol. The quantitative estimate of drug-likeness (QED) is 0.260. The molecule has 4 atom stereocenters. The highest BCUT2D eigenvalue weighted by Crippen LogP contribution is 2.54. The number of halogens is 1. The molecule has 1 amide bonds. The molecule has 4 N–H and O–H groups in total. The first kappa shape index (κ1) is 27.2. The molecule has 11 heteroatoms. The molecule has 0 heterocycles. The number of aliphatic hydroxyl groups is 2. The zero-order valence-corrected chi connectivity index (χ0v) is 22.1. The Balaban J connectivity index is 2.01. The maximum absolute atomic E-state index is 14.0. The third-order valence-corrected chi connectivity index (χ3v) is 7.64. The van der Waals surface area contributed by atoms with Gasteiger partial charge in [0.25, 0.3) is 5.91 Å². The molecule has 0 saturated carbocycles. The molecule has 0 aromatic heterocycles. The van der Waals surface area contributed by atoms with E-state index in [0.29, 0.717) is 0 Å². The number of ketones is 3. The van der Waals surface area contributed by atoms with E-state index in [0.717, 1.165) is 0 Å². The second kappa shape index (κ2) is 8.57. The van der Waals surface area contributed by atoms with Crippen molar-refractivity contribution in [2.45, 2.75) is 56.9 Å². The summed E-state index contributed by atoms with van der Waals surface area (Å²) < 4.78 is 0. The van der Waals surface area contributed by atoms with Gasteiger partial charge in [-0.25, -0.2) is 4.89 Å². The second-order valence-corrected chi connectivity index (χ2v) is 11.5. The molecule has 3 aliphatic rings. The van der Waals surface area contributed by atoms with Crippen molar-refractivity contribution in [3.05, 3.63) is 56.8 Å². The monoisotopic (exact) mass is 532 g/mol. The standard InChI is InChI=1S/C26H29ClN2O8/c1-24(2,3)28-23(34)16-20(31)18(29(5)6)13-10-12-15(21(32)26(13,35)22(16)33)19(30)11-8-7-9-14(27)17(11)25(12,4)37-36/h7-9,13,18,33,35-36H,10H2,1-6H3,(H,28,34). The van der Waals surface area contributed by atoms with E-state index in [9.17, 15) is 34.6 Å². The number of nitrogens with zero attached hydrogens (tertiary/aromatic N) is 1. The molecule has 37 heavy (non-hydrogen) atoms. The van der Waals surface area contributed by atoms with Gasteiger partial charge in [0.05, 0.1) is 11.6 Å². The van der Waals surface area contributed by atoms with Gasteiger partial charge < -0.3 is 15.5 Å². The fourth-order valence-corrected chi connectivity index (χ4v) is 6.06. The number of fused-ring (bicyclic) bond motifs is 2. The fraction of sp³-hybridized carbons (Fsp3) is 0.462. The second-order valence-electron chi connectivity index (χ2n) is 11.1. The Morgan fingerprint density at radius 2 is 1.84 bits per heavy atom. The Morgan fingerprint density at radius 1 is 1.22 bits per heavy atom. The largest absolute Gasteiger partial charge is 0.508 e. The molecule has 0 radical (unpaired) electrons. The number of amides is 1. The van der Waals surface area contributed by atoms with Crippen LogP contribution in [0.25, 0.3) is 0 Å². The van der Waals surface area contributed by atoms with E-state index in [4.69, 9.17) is 16.5 Å². The van der Waals surface area contributed by atoms with Gasteiger partial charge in [0.2, 0.25) is 5.78 Å². The number of Topliss-reactive ketones (excluding diaryl/α,β-unsaturated/α-hetero) is 3. The lowest BCUT2D eigenvalue weighted by Gasteiger charge is -2.50. The highest BCUT2D eigenvalue weighted by molar-refractivity contribution is 6.36. The van der Waals surface area contributed by atoms with E-state index in [1.165, 1.54) is 44.1 Å². The van der Waals surface area contributed by atoms with Crippen LogP contribution in [0.2, 0.25) is 5.02 Å². The summed E-state index contributed by atoms with van der Waals surface area (Å²) in [6.45, 7) is 6.42. The Bertz CT molecular complexity index is 1320. The molecule has 4 rings (SSSR count). The highest BCUT2D eigenvalue weighted by Gasteiger charge is 2.65. The molecule has 10 nitrogen and oxygen atoms in total. The third-order valence-electron chi connectivity index (χ3n) is 7.32. The number of rotatable bonds is 3. The van der Waals surface area contributed by atoms with Crippen molar-refractivity contribution in [1.29, 1.82) is 0 Å². The van der Waals surface area contributed by atoms with Crippen molar-refractivity contribution in [3.63, 3.8) is 0 Å². The highest BCUT2D eigenvalue weighted by atomic mass is 35.5. The summed E-state index contributed by atoms with van der Waals surface area (Å²) in [5.41, 5.74) is -6.47.